The lowest BCUT2D eigenvalue weighted by atomic mass is 9.93. The number of rotatable bonds is 32. The molecular formula is C39H76N2. The summed E-state index contributed by atoms with van der Waals surface area (Å²) in [5.41, 5.74) is 0. The predicted octanol–water partition coefficient (Wildman–Crippen LogP) is 14.3. The number of hydrogen-bond acceptors (Lipinski definition) is 1. The standard InChI is InChI=1S/C39H76N2/c1-5-8-11-14-16-18-20-22-23-25-27-29-32-37(4)41-36-35-40-39(41)38(33-30-13-10-7-3)34-31-28-26-24-21-19-17-15-12-9-6-2/h35-38H,5-34H2,1-4H3. The van der Waals surface area contributed by atoms with E-state index in [1.165, 1.54) is 198 Å². The minimum atomic E-state index is 0.589. The quantitative estimate of drug-likeness (QED) is 0.0785. The highest BCUT2D eigenvalue weighted by Crippen LogP contribution is 2.30. The Hall–Kier alpha value is -0.790. The van der Waals surface area contributed by atoms with E-state index in [0.29, 0.717) is 12.0 Å². The second-order valence-corrected chi connectivity index (χ2v) is 13.6. The van der Waals surface area contributed by atoms with E-state index in [2.05, 4.69) is 44.7 Å². The van der Waals surface area contributed by atoms with Crippen LogP contribution in [0.2, 0.25) is 0 Å². The minimum Gasteiger partial charge on any atom is -0.332 e. The van der Waals surface area contributed by atoms with E-state index in [1.807, 2.05) is 0 Å². The topological polar surface area (TPSA) is 17.8 Å². The summed E-state index contributed by atoms with van der Waals surface area (Å²) in [6.45, 7) is 9.39. The molecule has 0 radical (unpaired) electrons. The smallest absolute Gasteiger partial charge is 0.111 e. The maximum Gasteiger partial charge on any atom is 0.111 e. The lowest BCUT2D eigenvalue weighted by Crippen LogP contribution is -2.13. The van der Waals surface area contributed by atoms with Crippen molar-refractivity contribution < 1.29 is 0 Å². The molecule has 0 saturated heterocycles. The Labute approximate surface area is 259 Å². The molecule has 0 saturated carbocycles. The Morgan fingerprint density at radius 3 is 1.17 bits per heavy atom. The molecule has 0 spiro atoms. The zero-order chi connectivity index (χ0) is 29.6. The number of nitrogens with zero attached hydrogens (tertiary/aromatic N) is 2. The fraction of sp³-hybridized carbons (Fsp3) is 0.923. The highest BCUT2D eigenvalue weighted by atomic mass is 15.1. The molecule has 242 valence electrons. The molecule has 0 N–H and O–H groups in total. The lowest BCUT2D eigenvalue weighted by Gasteiger charge is -2.22. The van der Waals surface area contributed by atoms with Gasteiger partial charge in [0.25, 0.3) is 0 Å². The molecule has 41 heavy (non-hydrogen) atoms. The van der Waals surface area contributed by atoms with Gasteiger partial charge in [-0.15, -0.1) is 0 Å². The van der Waals surface area contributed by atoms with E-state index in [1.54, 1.807) is 0 Å². The predicted molar refractivity (Wildman–Crippen MR) is 185 cm³/mol. The van der Waals surface area contributed by atoms with Gasteiger partial charge in [0.2, 0.25) is 0 Å². The lowest BCUT2D eigenvalue weighted by molar-refractivity contribution is 0.413. The average molecular weight is 573 g/mol. The van der Waals surface area contributed by atoms with Crippen LogP contribution in [0.25, 0.3) is 0 Å². The molecule has 1 aromatic rings. The maximum atomic E-state index is 4.98. The summed E-state index contributed by atoms with van der Waals surface area (Å²) in [5.74, 6) is 2.06. The SMILES string of the molecule is CCCCCCCCCCCCCCC(C)n1ccnc1C(CCCCCC)CCCCCCCCCCCCC. The number of aromatic nitrogens is 2. The van der Waals surface area contributed by atoms with Crippen molar-refractivity contribution in [1.82, 2.24) is 9.55 Å². The van der Waals surface area contributed by atoms with E-state index in [-0.39, 0.29) is 0 Å². The van der Waals surface area contributed by atoms with Gasteiger partial charge in [-0.25, -0.2) is 4.98 Å². The molecule has 1 heterocycles. The molecule has 0 aliphatic heterocycles. The Kier molecular flexibility index (Phi) is 27.3. The summed E-state index contributed by atoms with van der Waals surface area (Å²) in [4.78, 5) is 4.98. The van der Waals surface area contributed by atoms with Crippen molar-refractivity contribution in [3.63, 3.8) is 0 Å². The number of hydrogen-bond donors (Lipinski definition) is 0. The summed E-state index contributed by atoms with van der Waals surface area (Å²) in [6.07, 6.45) is 46.7. The Morgan fingerprint density at radius 1 is 0.463 bits per heavy atom. The van der Waals surface area contributed by atoms with Crippen molar-refractivity contribution in [2.45, 2.75) is 232 Å². The van der Waals surface area contributed by atoms with Crippen LogP contribution < -0.4 is 0 Å². The van der Waals surface area contributed by atoms with Crippen molar-refractivity contribution in [3.8, 4) is 0 Å². The Balaban J connectivity index is 2.31. The molecule has 2 unspecified atom stereocenters. The van der Waals surface area contributed by atoms with Crippen LogP contribution in [0.5, 0.6) is 0 Å². The fourth-order valence-corrected chi connectivity index (χ4v) is 6.71. The molecule has 0 bridgehead atoms. The fourth-order valence-electron chi connectivity index (χ4n) is 6.71. The molecule has 2 heteroatoms. The Bertz CT molecular complexity index is 635. The van der Waals surface area contributed by atoms with E-state index in [4.69, 9.17) is 4.98 Å². The summed E-state index contributed by atoms with van der Waals surface area (Å²) in [5, 5.41) is 0. The molecule has 0 aliphatic carbocycles. The largest absolute Gasteiger partial charge is 0.332 e. The Morgan fingerprint density at radius 2 is 0.780 bits per heavy atom. The van der Waals surface area contributed by atoms with Gasteiger partial charge < -0.3 is 4.57 Å². The monoisotopic (exact) mass is 573 g/mol. The van der Waals surface area contributed by atoms with Gasteiger partial charge in [0.15, 0.2) is 0 Å². The second-order valence-electron chi connectivity index (χ2n) is 13.6. The van der Waals surface area contributed by atoms with Gasteiger partial charge in [-0.1, -0.05) is 194 Å². The van der Waals surface area contributed by atoms with E-state index in [9.17, 15) is 0 Å². The van der Waals surface area contributed by atoms with Crippen molar-refractivity contribution in [3.05, 3.63) is 18.2 Å². The van der Waals surface area contributed by atoms with Gasteiger partial charge in [-0.05, 0) is 26.2 Å². The van der Waals surface area contributed by atoms with Gasteiger partial charge in [-0.2, -0.15) is 0 Å². The van der Waals surface area contributed by atoms with Crippen molar-refractivity contribution in [2.75, 3.05) is 0 Å². The maximum absolute atomic E-state index is 4.98. The molecule has 1 rings (SSSR count). The normalized spacial score (nSPS) is 13.2. The summed E-state index contributed by atoms with van der Waals surface area (Å²) in [7, 11) is 0. The van der Waals surface area contributed by atoms with Gasteiger partial charge in [-0.3, -0.25) is 0 Å². The zero-order valence-corrected chi connectivity index (χ0v) is 28.9. The summed E-state index contributed by atoms with van der Waals surface area (Å²) in [6, 6.07) is 0.589. The van der Waals surface area contributed by atoms with E-state index in [0.717, 1.165) is 0 Å². The molecule has 0 aromatic carbocycles. The molecule has 0 aliphatic rings. The first-order valence-electron chi connectivity index (χ1n) is 19.3. The molecule has 0 amide bonds. The highest BCUT2D eigenvalue weighted by molar-refractivity contribution is 5.02. The third-order valence-electron chi connectivity index (χ3n) is 9.58. The van der Waals surface area contributed by atoms with Gasteiger partial charge in [0.05, 0.1) is 0 Å². The van der Waals surface area contributed by atoms with E-state index < -0.39 is 0 Å². The van der Waals surface area contributed by atoms with Crippen LogP contribution in [0.4, 0.5) is 0 Å². The number of unbranched alkanes of at least 4 members (excludes halogenated alkanes) is 24. The molecule has 2 nitrogen and oxygen atoms in total. The first-order chi connectivity index (χ1) is 20.2. The second kappa shape index (κ2) is 29.3. The van der Waals surface area contributed by atoms with Crippen LogP contribution in [0.3, 0.4) is 0 Å². The van der Waals surface area contributed by atoms with Crippen LogP contribution in [-0.2, 0) is 0 Å². The van der Waals surface area contributed by atoms with Crippen LogP contribution in [-0.4, -0.2) is 9.55 Å². The van der Waals surface area contributed by atoms with Crippen LogP contribution >= 0.6 is 0 Å². The average Bonchev–Trinajstić information content (AvgIpc) is 3.47. The summed E-state index contributed by atoms with van der Waals surface area (Å²) < 4.78 is 2.57. The molecule has 0 fully saturated rings. The van der Waals surface area contributed by atoms with Crippen molar-refractivity contribution in [1.29, 1.82) is 0 Å². The molecule has 1 aromatic heterocycles. The van der Waals surface area contributed by atoms with Crippen LogP contribution in [0, 0.1) is 0 Å². The third kappa shape index (κ3) is 21.5. The van der Waals surface area contributed by atoms with Gasteiger partial charge in [0, 0.05) is 24.4 Å². The van der Waals surface area contributed by atoms with Gasteiger partial charge in [0.1, 0.15) is 5.82 Å². The van der Waals surface area contributed by atoms with E-state index >= 15 is 0 Å². The molecule has 2 atom stereocenters. The van der Waals surface area contributed by atoms with Crippen molar-refractivity contribution in [2.24, 2.45) is 0 Å². The third-order valence-corrected chi connectivity index (χ3v) is 9.58. The molecular weight excluding hydrogens is 496 g/mol. The van der Waals surface area contributed by atoms with Gasteiger partial charge >= 0.3 is 0 Å². The zero-order valence-electron chi connectivity index (χ0n) is 28.9. The van der Waals surface area contributed by atoms with Crippen LogP contribution in [0.15, 0.2) is 12.4 Å². The first kappa shape index (κ1) is 38.2. The first-order valence-corrected chi connectivity index (χ1v) is 19.3. The van der Waals surface area contributed by atoms with Crippen molar-refractivity contribution >= 4 is 0 Å². The van der Waals surface area contributed by atoms with Crippen LogP contribution in [0.1, 0.15) is 238 Å². The summed E-state index contributed by atoms with van der Waals surface area (Å²) >= 11 is 0. The minimum absolute atomic E-state index is 0.589. The highest BCUT2D eigenvalue weighted by Gasteiger charge is 2.19. The number of imidazole rings is 1.